The molecule has 0 aliphatic rings. The largest absolute Gasteiger partial charge is 0.493 e. The van der Waals surface area contributed by atoms with Gasteiger partial charge in [0.25, 0.3) is 0 Å². The minimum atomic E-state index is -0.493. The van der Waals surface area contributed by atoms with Crippen molar-refractivity contribution in [3.8, 4) is 5.75 Å². The fraction of sp³-hybridized carbons (Fsp3) is 0.182. The number of nitrogens with two attached hydrogens (primary N) is 1. The minimum absolute atomic E-state index is 0.0246. The van der Waals surface area contributed by atoms with Crippen molar-refractivity contribution in [2.24, 2.45) is 0 Å². The van der Waals surface area contributed by atoms with Crippen molar-refractivity contribution in [1.29, 1.82) is 0 Å². The Bertz CT molecular complexity index is 539. The van der Waals surface area contributed by atoms with E-state index < -0.39 is 5.69 Å². The molecule has 1 aromatic heterocycles. The lowest BCUT2D eigenvalue weighted by Crippen LogP contribution is -2.18. The molecule has 0 radical (unpaired) electrons. The SMILES string of the molecule is Nc1nc(CCOc2ccccc2)[nH]c(=O)n1. The molecule has 6 nitrogen and oxygen atoms in total. The second-order valence-corrected chi connectivity index (χ2v) is 3.37. The summed E-state index contributed by atoms with van der Waals surface area (Å²) >= 11 is 0. The van der Waals surface area contributed by atoms with Crippen LogP contribution in [0.4, 0.5) is 5.95 Å². The molecule has 0 spiro atoms. The molecule has 2 rings (SSSR count). The Labute approximate surface area is 97.5 Å². The quantitative estimate of drug-likeness (QED) is 0.794. The number of aromatic nitrogens is 3. The fourth-order valence-corrected chi connectivity index (χ4v) is 1.35. The highest BCUT2D eigenvalue weighted by molar-refractivity contribution is 5.21. The number of para-hydroxylation sites is 1. The highest BCUT2D eigenvalue weighted by Gasteiger charge is 2.00. The fourth-order valence-electron chi connectivity index (χ4n) is 1.35. The second kappa shape index (κ2) is 5.11. The molecule has 0 aliphatic carbocycles. The van der Waals surface area contributed by atoms with Gasteiger partial charge < -0.3 is 10.5 Å². The van der Waals surface area contributed by atoms with Crippen LogP contribution in [0.3, 0.4) is 0 Å². The van der Waals surface area contributed by atoms with Crippen LogP contribution >= 0.6 is 0 Å². The third-order valence-electron chi connectivity index (χ3n) is 2.07. The van der Waals surface area contributed by atoms with Gasteiger partial charge in [-0.2, -0.15) is 9.97 Å². The highest BCUT2D eigenvalue weighted by Crippen LogP contribution is 2.08. The van der Waals surface area contributed by atoms with Crippen LogP contribution in [-0.4, -0.2) is 21.6 Å². The van der Waals surface area contributed by atoms with Crippen LogP contribution in [0.15, 0.2) is 35.1 Å². The van der Waals surface area contributed by atoms with E-state index >= 15 is 0 Å². The number of nitrogens with one attached hydrogen (secondary N) is 1. The Hall–Kier alpha value is -2.37. The van der Waals surface area contributed by atoms with E-state index in [4.69, 9.17) is 10.5 Å². The molecule has 0 amide bonds. The number of nitrogens with zero attached hydrogens (tertiary/aromatic N) is 2. The van der Waals surface area contributed by atoms with Gasteiger partial charge >= 0.3 is 5.69 Å². The first-order valence-corrected chi connectivity index (χ1v) is 5.14. The number of anilines is 1. The van der Waals surface area contributed by atoms with Crippen molar-refractivity contribution in [3.05, 3.63) is 46.6 Å². The van der Waals surface area contributed by atoms with Gasteiger partial charge in [0.05, 0.1) is 6.61 Å². The monoisotopic (exact) mass is 232 g/mol. The van der Waals surface area contributed by atoms with Gasteiger partial charge in [-0.3, -0.25) is 4.98 Å². The maximum atomic E-state index is 11.0. The van der Waals surface area contributed by atoms with E-state index in [2.05, 4.69) is 15.0 Å². The molecule has 0 atom stereocenters. The Morgan fingerprint density at radius 1 is 1.24 bits per heavy atom. The van der Waals surface area contributed by atoms with Crippen LogP contribution in [0, 0.1) is 0 Å². The molecule has 0 aliphatic heterocycles. The molecule has 0 saturated carbocycles. The van der Waals surface area contributed by atoms with Gasteiger partial charge in [0.15, 0.2) is 0 Å². The van der Waals surface area contributed by atoms with Crippen molar-refractivity contribution in [1.82, 2.24) is 15.0 Å². The summed E-state index contributed by atoms with van der Waals surface area (Å²) in [6, 6.07) is 9.41. The van der Waals surface area contributed by atoms with E-state index in [9.17, 15) is 4.79 Å². The molecule has 0 saturated heterocycles. The van der Waals surface area contributed by atoms with E-state index in [0.717, 1.165) is 5.75 Å². The van der Waals surface area contributed by atoms with E-state index in [0.29, 0.717) is 18.9 Å². The number of aromatic amines is 1. The first-order valence-electron chi connectivity index (χ1n) is 5.14. The average molecular weight is 232 g/mol. The lowest BCUT2D eigenvalue weighted by molar-refractivity contribution is 0.318. The number of H-pyrrole nitrogens is 1. The first kappa shape index (κ1) is 11.1. The third-order valence-corrected chi connectivity index (χ3v) is 2.07. The standard InChI is InChI=1S/C11H12N4O2/c12-10-13-9(14-11(16)15-10)6-7-17-8-4-2-1-3-5-8/h1-5H,6-7H2,(H3,12,13,14,15,16). The zero-order valence-corrected chi connectivity index (χ0v) is 9.09. The molecular weight excluding hydrogens is 220 g/mol. The minimum Gasteiger partial charge on any atom is -0.493 e. The van der Waals surface area contributed by atoms with Gasteiger partial charge in [0.2, 0.25) is 5.95 Å². The zero-order chi connectivity index (χ0) is 12.1. The van der Waals surface area contributed by atoms with Gasteiger partial charge in [-0.25, -0.2) is 4.79 Å². The average Bonchev–Trinajstić information content (AvgIpc) is 2.29. The molecule has 3 N–H and O–H groups in total. The smallest absolute Gasteiger partial charge is 0.349 e. The lowest BCUT2D eigenvalue weighted by Gasteiger charge is -2.05. The number of hydrogen-bond acceptors (Lipinski definition) is 5. The van der Waals surface area contributed by atoms with E-state index in [-0.39, 0.29) is 5.95 Å². The Morgan fingerprint density at radius 3 is 2.71 bits per heavy atom. The molecule has 1 aromatic carbocycles. The summed E-state index contributed by atoms with van der Waals surface area (Å²) in [5.74, 6) is 1.22. The van der Waals surface area contributed by atoms with Crippen molar-refractivity contribution in [2.45, 2.75) is 6.42 Å². The molecule has 88 valence electrons. The van der Waals surface area contributed by atoms with Gasteiger partial charge in [0.1, 0.15) is 11.6 Å². The summed E-state index contributed by atoms with van der Waals surface area (Å²) in [5.41, 5.74) is 4.87. The van der Waals surface area contributed by atoms with Crippen LogP contribution in [0.1, 0.15) is 5.82 Å². The summed E-state index contributed by atoms with van der Waals surface area (Å²) in [5, 5.41) is 0. The molecule has 0 bridgehead atoms. The second-order valence-electron chi connectivity index (χ2n) is 3.37. The highest BCUT2D eigenvalue weighted by atomic mass is 16.5. The van der Waals surface area contributed by atoms with Crippen molar-refractivity contribution < 1.29 is 4.74 Å². The van der Waals surface area contributed by atoms with Gasteiger partial charge in [-0.1, -0.05) is 18.2 Å². The topological polar surface area (TPSA) is 93.9 Å². The summed E-state index contributed by atoms with van der Waals surface area (Å²) in [4.78, 5) is 20.8. The molecule has 1 heterocycles. The number of hydrogen-bond donors (Lipinski definition) is 2. The predicted molar refractivity (Wildman–Crippen MR) is 62.7 cm³/mol. The van der Waals surface area contributed by atoms with Crippen molar-refractivity contribution in [2.75, 3.05) is 12.3 Å². The van der Waals surface area contributed by atoms with E-state index in [1.165, 1.54) is 0 Å². The maximum absolute atomic E-state index is 11.0. The molecule has 0 unspecified atom stereocenters. The molecule has 17 heavy (non-hydrogen) atoms. The zero-order valence-electron chi connectivity index (χ0n) is 9.09. The van der Waals surface area contributed by atoms with E-state index in [1.54, 1.807) is 0 Å². The van der Waals surface area contributed by atoms with Crippen LogP contribution in [0.5, 0.6) is 5.75 Å². The van der Waals surface area contributed by atoms with Gasteiger partial charge in [-0.05, 0) is 12.1 Å². The molecule has 2 aromatic rings. The Kier molecular flexibility index (Phi) is 3.34. The summed E-state index contributed by atoms with van der Waals surface area (Å²) in [6.07, 6.45) is 0.469. The Balaban J connectivity index is 1.92. The molecular formula is C11H12N4O2. The first-order chi connectivity index (χ1) is 8.24. The normalized spacial score (nSPS) is 10.1. The van der Waals surface area contributed by atoms with Crippen molar-refractivity contribution >= 4 is 5.95 Å². The summed E-state index contributed by atoms with van der Waals surface area (Å²) in [6.45, 7) is 0.413. The number of rotatable bonds is 4. The van der Waals surface area contributed by atoms with Crippen LogP contribution < -0.4 is 16.2 Å². The van der Waals surface area contributed by atoms with Gasteiger partial charge in [0, 0.05) is 6.42 Å². The summed E-state index contributed by atoms with van der Waals surface area (Å²) < 4.78 is 5.47. The molecule has 0 fully saturated rings. The van der Waals surface area contributed by atoms with E-state index in [1.807, 2.05) is 30.3 Å². The van der Waals surface area contributed by atoms with Gasteiger partial charge in [-0.15, -0.1) is 0 Å². The van der Waals surface area contributed by atoms with Crippen molar-refractivity contribution in [3.63, 3.8) is 0 Å². The predicted octanol–water partition coefficient (Wildman–Crippen LogP) is 0.369. The van der Waals surface area contributed by atoms with Crippen LogP contribution in [-0.2, 0) is 6.42 Å². The lowest BCUT2D eigenvalue weighted by atomic mass is 10.3. The maximum Gasteiger partial charge on any atom is 0.349 e. The number of benzene rings is 1. The number of ether oxygens (including phenoxy) is 1. The number of nitrogen functional groups attached to an aromatic ring is 1. The Morgan fingerprint density at radius 2 is 2.00 bits per heavy atom. The summed E-state index contributed by atoms with van der Waals surface area (Å²) in [7, 11) is 0. The third kappa shape index (κ3) is 3.30. The van der Waals surface area contributed by atoms with Crippen LogP contribution in [0.2, 0.25) is 0 Å². The van der Waals surface area contributed by atoms with Crippen LogP contribution in [0.25, 0.3) is 0 Å². The molecule has 6 heteroatoms.